The predicted molar refractivity (Wildman–Crippen MR) is 93.1 cm³/mol. The Labute approximate surface area is 141 Å². The fourth-order valence-corrected chi connectivity index (χ4v) is 3.51. The molecule has 2 aromatic rings. The molecule has 1 fully saturated rings. The van der Waals surface area contributed by atoms with Gasteiger partial charge in [0.2, 0.25) is 0 Å². The average molecular weight is 340 g/mol. The standard InChI is InChI=1S/C16H21N3OS.ClH/c1-12-14(6-2-8-17-12)18-16(20)15-7-3-9-19(15)11-13-5-4-10-21-13;/h3-5,7,9-10,12,14,17H,2,6,8,11H2,1H3,(H,18,20);1H. The van der Waals surface area contributed by atoms with Crippen LogP contribution in [0.3, 0.4) is 0 Å². The van der Waals surface area contributed by atoms with Crippen molar-refractivity contribution >= 4 is 29.7 Å². The minimum Gasteiger partial charge on any atom is -0.346 e. The second-order valence-electron chi connectivity index (χ2n) is 5.57. The van der Waals surface area contributed by atoms with E-state index in [-0.39, 0.29) is 24.4 Å². The number of hydrogen-bond donors (Lipinski definition) is 2. The molecular formula is C16H22ClN3OS. The average Bonchev–Trinajstić information content (AvgIpc) is 3.13. The minimum atomic E-state index is 0. The van der Waals surface area contributed by atoms with Crippen LogP contribution in [0.1, 0.15) is 35.1 Å². The SMILES string of the molecule is CC1NCCCC1NC(=O)c1cccn1Cc1cccs1.Cl. The first-order chi connectivity index (χ1) is 10.2. The monoisotopic (exact) mass is 339 g/mol. The zero-order chi connectivity index (χ0) is 14.7. The zero-order valence-corrected chi connectivity index (χ0v) is 14.3. The Balaban J connectivity index is 0.00000176. The molecular weight excluding hydrogens is 318 g/mol. The van der Waals surface area contributed by atoms with Gasteiger partial charge in [-0.15, -0.1) is 23.7 Å². The minimum absolute atomic E-state index is 0. The van der Waals surface area contributed by atoms with Crippen molar-refractivity contribution in [3.8, 4) is 0 Å². The van der Waals surface area contributed by atoms with E-state index in [1.165, 1.54) is 4.88 Å². The molecule has 1 saturated heterocycles. The van der Waals surface area contributed by atoms with E-state index >= 15 is 0 Å². The van der Waals surface area contributed by atoms with Crippen molar-refractivity contribution in [3.05, 3.63) is 46.4 Å². The van der Waals surface area contributed by atoms with Crippen molar-refractivity contribution in [3.63, 3.8) is 0 Å². The third kappa shape index (κ3) is 3.91. The van der Waals surface area contributed by atoms with Gasteiger partial charge in [0, 0.05) is 23.2 Å². The van der Waals surface area contributed by atoms with E-state index in [9.17, 15) is 4.79 Å². The number of carbonyl (C=O) groups is 1. The van der Waals surface area contributed by atoms with E-state index in [0.717, 1.165) is 31.6 Å². The van der Waals surface area contributed by atoms with Gasteiger partial charge in [-0.05, 0) is 49.9 Å². The fraction of sp³-hybridized carbons (Fsp3) is 0.438. The third-order valence-corrected chi connectivity index (χ3v) is 4.91. The lowest BCUT2D eigenvalue weighted by molar-refractivity contribution is 0.0911. The lowest BCUT2D eigenvalue weighted by atomic mass is 10.00. The molecule has 120 valence electrons. The topological polar surface area (TPSA) is 46.1 Å². The van der Waals surface area contributed by atoms with Crippen molar-refractivity contribution < 1.29 is 4.79 Å². The predicted octanol–water partition coefficient (Wildman–Crippen LogP) is 2.89. The van der Waals surface area contributed by atoms with Crippen molar-refractivity contribution in [2.75, 3.05) is 6.54 Å². The maximum atomic E-state index is 12.5. The number of piperidine rings is 1. The highest BCUT2D eigenvalue weighted by molar-refractivity contribution is 7.09. The summed E-state index contributed by atoms with van der Waals surface area (Å²) in [5.41, 5.74) is 0.737. The van der Waals surface area contributed by atoms with Crippen LogP contribution >= 0.6 is 23.7 Å². The smallest absolute Gasteiger partial charge is 0.268 e. The van der Waals surface area contributed by atoms with Gasteiger partial charge in [-0.1, -0.05) is 6.07 Å². The van der Waals surface area contributed by atoms with Gasteiger partial charge in [0.05, 0.1) is 6.54 Å². The molecule has 2 atom stereocenters. The summed E-state index contributed by atoms with van der Waals surface area (Å²) in [5.74, 6) is 0.0251. The normalized spacial score (nSPS) is 21.1. The quantitative estimate of drug-likeness (QED) is 0.899. The summed E-state index contributed by atoms with van der Waals surface area (Å²) in [6, 6.07) is 8.52. The summed E-state index contributed by atoms with van der Waals surface area (Å²) >= 11 is 1.72. The van der Waals surface area contributed by atoms with Crippen molar-refractivity contribution in [1.82, 2.24) is 15.2 Å². The molecule has 22 heavy (non-hydrogen) atoms. The van der Waals surface area contributed by atoms with Gasteiger partial charge in [0.1, 0.15) is 5.69 Å². The number of hydrogen-bond acceptors (Lipinski definition) is 3. The van der Waals surface area contributed by atoms with Crippen LogP contribution in [0.5, 0.6) is 0 Å². The van der Waals surface area contributed by atoms with E-state index in [1.54, 1.807) is 11.3 Å². The molecule has 0 saturated carbocycles. The lowest BCUT2D eigenvalue weighted by Crippen LogP contribution is -2.52. The maximum absolute atomic E-state index is 12.5. The van der Waals surface area contributed by atoms with Gasteiger partial charge >= 0.3 is 0 Å². The highest BCUT2D eigenvalue weighted by Crippen LogP contribution is 2.14. The van der Waals surface area contributed by atoms with Crippen LogP contribution in [-0.4, -0.2) is 29.1 Å². The second kappa shape index (κ2) is 7.81. The molecule has 0 aromatic carbocycles. The number of rotatable bonds is 4. The first-order valence-corrected chi connectivity index (χ1v) is 8.34. The van der Waals surface area contributed by atoms with Crippen LogP contribution in [-0.2, 0) is 6.54 Å². The fourth-order valence-electron chi connectivity index (χ4n) is 2.81. The molecule has 0 radical (unpaired) electrons. The van der Waals surface area contributed by atoms with E-state index in [0.29, 0.717) is 6.04 Å². The molecule has 1 aliphatic rings. The largest absolute Gasteiger partial charge is 0.346 e. The van der Waals surface area contributed by atoms with Crippen LogP contribution in [0, 0.1) is 0 Å². The number of aromatic nitrogens is 1. The summed E-state index contributed by atoms with van der Waals surface area (Å²) in [5, 5.41) is 8.65. The maximum Gasteiger partial charge on any atom is 0.268 e. The van der Waals surface area contributed by atoms with E-state index in [1.807, 2.05) is 29.0 Å². The molecule has 1 aliphatic heterocycles. The number of nitrogens with zero attached hydrogens (tertiary/aromatic N) is 1. The lowest BCUT2D eigenvalue weighted by Gasteiger charge is -2.30. The number of amides is 1. The molecule has 3 heterocycles. The molecule has 3 rings (SSSR count). The van der Waals surface area contributed by atoms with Crippen molar-refractivity contribution in [2.45, 2.75) is 38.4 Å². The van der Waals surface area contributed by atoms with Gasteiger partial charge in [0.15, 0.2) is 0 Å². The Bertz CT molecular complexity index is 596. The van der Waals surface area contributed by atoms with Gasteiger partial charge in [0.25, 0.3) is 5.91 Å². The van der Waals surface area contributed by atoms with Crippen LogP contribution in [0.25, 0.3) is 0 Å². The molecule has 2 unspecified atom stereocenters. The summed E-state index contributed by atoms with van der Waals surface area (Å²) in [4.78, 5) is 13.8. The van der Waals surface area contributed by atoms with Crippen LogP contribution in [0.2, 0.25) is 0 Å². The van der Waals surface area contributed by atoms with Gasteiger partial charge in [-0.3, -0.25) is 4.79 Å². The summed E-state index contributed by atoms with van der Waals surface area (Å²) in [7, 11) is 0. The van der Waals surface area contributed by atoms with Crippen molar-refractivity contribution in [1.29, 1.82) is 0 Å². The first kappa shape index (κ1) is 17.1. The number of carbonyl (C=O) groups excluding carboxylic acids is 1. The first-order valence-electron chi connectivity index (χ1n) is 7.46. The molecule has 0 spiro atoms. The van der Waals surface area contributed by atoms with Crippen LogP contribution in [0.15, 0.2) is 35.8 Å². The van der Waals surface area contributed by atoms with Gasteiger partial charge < -0.3 is 15.2 Å². The van der Waals surface area contributed by atoms with Gasteiger partial charge in [-0.25, -0.2) is 0 Å². The van der Waals surface area contributed by atoms with Gasteiger partial charge in [-0.2, -0.15) is 0 Å². The third-order valence-electron chi connectivity index (χ3n) is 4.05. The Kier molecular flexibility index (Phi) is 6.06. The molecule has 2 aromatic heterocycles. The Morgan fingerprint density at radius 2 is 2.32 bits per heavy atom. The Morgan fingerprint density at radius 1 is 1.45 bits per heavy atom. The Hall–Kier alpha value is -1.30. The molecule has 4 nitrogen and oxygen atoms in total. The Morgan fingerprint density at radius 3 is 3.05 bits per heavy atom. The van der Waals surface area contributed by atoms with Crippen LogP contribution in [0.4, 0.5) is 0 Å². The van der Waals surface area contributed by atoms with E-state index in [4.69, 9.17) is 0 Å². The molecule has 0 aliphatic carbocycles. The van der Waals surface area contributed by atoms with Crippen molar-refractivity contribution in [2.24, 2.45) is 0 Å². The molecule has 1 amide bonds. The summed E-state index contributed by atoms with van der Waals surface area (Å²) in [6.07, 6.45) is 4.13. The number of nitrogens with one attached hydrogen (secondary N) is 2. The second-order valence-corrected chi connectivity index (χ2v) is 6.60. The summed E-state index contributed by atoms with van der Waals surface area (Å²) < 4.78 is 2.02. The molecule has 6 heteroatoms. The number of halogens is 1. The highest BCUT2D eigenvalue weighted by Gasteiger charge is 2.23. The van der Waals surface area contributed by atoms with E-state index < -0.39 is 0 Å². The molecule has 0 bridgehead atoms. The zero-order valence-electron chi connectivity index (χ0n) is 12.6. The number of thiophene rings is 1. The van der Waals surface area contributed by atoms with Crippen LogP contribution < -0.4 is 10.6 Å². The van der Waals surface area contributed by atoms with E-state index in [2.05, 4.69) is 29.0 Å². The molecule has 2 N–H and O–H groups in total. The highest BCUT2D eigenvalue weighted by atomic mass is 35.5. The summed E-state index contributed by atoms with van der Waals surface area (Å²) in [6.45, 7) is 3.93.